The summed E-state index contributed by atoms with van der Waals surface area (Å²) in [7, 11) is 1.70. The Balaban J connectivity index is 2.12. The van der Waals surface area contributed by atoms with Crippen LogP contribution in [0.3, 0.4) is 0 Å². The van der Waals surface area contributed by atoms with Crippen molar-refractivity contribution < 1.29 is 9.59 Å². The Morgan fingerprint density at radius 3 is 2.79 bits per heavy atom. The highest BCUT2D eigenvalue weighted by molar-refractivity contribution is 9.10. The van der Waals surface area contributed by atoms with Gasteiger partial charge in [-0.1, -0.05) is 11.6 Å². The molecule has 1 N–H and O–H groups in total. The Bertz CT molecular complexity index is 548. The number of amides is 2. The van der Waals surface area contributed by atoms with Crippen LogP contribution in [-0.4, -0.2) is 30.3 Å². The van der Waals surface area contributed by atoms with Crippen molar-refractivity contribution in [1.82, 2.24) is 4.90 Å². The first-order chi connectivity index (χ1) is 8.88. The van der Waals surface area contributed by atoms with Crippen molar-refractivity contribution >= 4 is 45.0 Å². The van der Waals surface area contributed by atoms with E-state index in [0.717, 1.165) is 10.0 Å². The first kappa shape index (κ1) is 14.3. The third-order valence-corrected chi connectivity index (χ3v) is 4.28. The second-order valence-electron chi connectivity index (χ2n) is 4.75. The largest absolute Gasteiger partial charge is 0.345 e. The van der Waals surface area contributed by atoms with E-state index in [1.807, 2.05) is 13.0 Å². The third-order valence-electron chi connectivity index (χ3n) is 3.22. The summed E-state index contributed by atoms with van der Waals surface area (Å²) in [6, 6.07) is 3.56. The molecule has 1 aliphatic rings. The van der Waals surface area contributed by atoms with E-state index in [1.54, 1.807) is 18.0 Å². The van der Waals surface area contributed by atoms with Crippen LogP contribution >= 0.6 is 27.5 Å². The monoisotopic (exact) mass is 344 g/mol. The van der Waals surface area contributed by atoms with Gasteiger partial charge in [0.25, 0.3) is 0 Å². The lowest BCUT2D eigenvalue weighted by Gasteiger charge is -2.13. The highest BCUT2D eigenvalue weighted by Crippen LogP contribution is 2.30. The highest BCUT2D eigenvalue weighted by Gasteiger charge is 2.32. The molecule has 1 atom stereocenters. The number of benzene rings is 1. The molecule has 0 aliphatic carbocycles. The molecule has 0 bridgehead atoms. The maximum absolute atomic E-state index is 12.1. The van der Waals surface area contributed by atoms with E-state index in [9.17, 15) is 9.59 Å². The SMILES string of the molecule is Cc1cc(Br)c(NC(=O)[C@H]2CC(=O)N(C)C2)cc1Cl. The molecule has 0 saturated carbocycles. The number of aryl methyl sites for hydroxylation is 1. The summed E-state index contributed by atoms with van der Waals surface area (Å²) < 4.78 is 0.778. The van der Waals surface area contributed by atoms with Gasteiger partial charge in [-0.2, -0.15) is 0 Å². The van der Waals surface area contributed by atoms with Crippen molar-refractivity contribution in [3.63, 3.8) is 0 Å². The zero-order chi connectivity index (χ0) is 14.2. The molecule has 4 nitrogen and oxygen atoms in total. The van der Waals surface area contributed by atoms with Crippen molar-refractivity contribution in [2.24, 2.45) is 5.92 Å². The fourth-order valence-corrected chi connectivity index (χ4v) is 2.74. The molecule has 0 unspecified atom stereocenters. The van der Waals surface area contributed by atoms with Gasteiger partial charge in [-0.05, 0) is 40.5 Å². The molecule has 0 spiro atoms. The second kappa shape index (κ2) is 5.51. The van der Waals surface area contributed by atoms with Crippen LogP contribution in [0.25, 0.3) is 0 Å². The predicted molar refractivity (Wildman–Crippen MR) is 78.3 cm³/mol. The summed E-state index contributed by atoms with van der Waals surface area (Å²) in [5, 5.41) is 3.41. The van der Waals surface area contributed by atoms with E-state index >= 15 is 0 Å². The molecule has 1 saturated heterocycles. The van der Waals surface area contributed by atoms with Crippen LogP contribution in [0.1, 0.15) is 12.0 Å². The van der Waals surface area contributed by atoms with Crippen molar-refractivity contribution in [2.45, 2.75) is 13.3 Å². The number of nitrogens with one attached hydrogen (secondary N) is 1. The van der Waals surface area contributed by atoms with Crippen molar-refractivity contribution in [3.05, 3.63) is 27.2 Å². The van der Waals surface area contributed by atoms with Gasteiger partial charge in [-0.25, -0.2) is 0 Å². The summed E-state index contributed by atoms with van der Waals surface area (Å²) in [5.41, 5.74) is 1.56. The molecule has 1 fully saturated rings. The molecule has 102 valence electrons. The standard InChI is InChI=1S/C13H14BrClN2O2/c1-7-3-9(14)11(5-10(7)15)16-13(19)8-4-12(18)17(2)6-8/h3,5,8H,4,6H2,1-2H3,(H,16,19)/t8-/m0/s1. The van der Waals surface area contributed by atoms with E-state index < -0.39 is 0 Å². The summed E-state index contributed by atoms with van der Waals surface area (Å²) in [6.07, 6.45) is 0.263. The number of rotatable bonds is 2. The van der Waals surface area contributed by atoms with Crippen LogP contribution in [0.5, 0.6) is 0 Å². The Labute approximate surface area is 125 Å². The molecule has 1 heterocycles. The van der Waals surface area contributed by atoms with Gasteiger partial charge in [-0.15, -0.1) is 0 Å². The Morgan fingerprint density at radius 2 is 2.21 bits per heavy atom. The van der Waals surface area contributed by atoms with E-state index in [4.69, 9.17) is 11.6 Å². The van der Waals surface area contributed by atoms with Gasteiger partial charge in [0, 0.05) is 29.5 Å². The number of carbonyl (C=O) groups excluding carboxylic acids is 2. The van der Waals surface area contributed by atoms with E-state index in [-0.39, 0.29) is 24.2 Å². The van der Waals surface area contributed by atoms with Gasteiger partial charge in [0.15, 0.2) is 0 Å². The highest BCUT2D eigenvalue weighted by atomic mass is 79.9. The van der Waals surface area contributed by atoms with E-state index in [0.29, 0.717) is 17.3 Å². The minimum absolute atomic E-state index is 0.00107. The molecule has 1 aliphatic heterocycles. The lowest BCUT2D eigenvalue weighted by Crippen LogP contribution is -2.25. The third kappa shape index (κ3) is 3.09. The average Bonchev–Trinajstić information content (AvgIpc) is 2.67. The van der Waals surface area contributed by atoms with Crippen molar-refractivity contribution in [1.29, 1.82) is 0 Å². The van der Waals surface area contributed by atoms with Gasteiger partial charge in [0.1, 0.15) is 0 Å². The van der Waals surface area contributed by atoms with Gasteiger partial charge in [0.2, 0.25) is 11.8 Å². The van der Waals surface area contributed by atoms with Crippen molar-refractivity contribution in [2.75, 3.05) is 18.9 Å². The van der Waals surface area contributed by atoms with Crippen LogP contribution < -0.4 is 5.32 Å². The Hall–Kier alpha value is -1.07. The minimum atomic E-state index is -0.301. The van der Waals surface area contributed by atoms with Crippen LogP contribution in [0, 0.1) is 12.8 Å². The van der Waals surface area contributed by atoms with Crippen LogP contribution in [0.4, 0.5) is 5.69 Å². The number of halogens is 2. The van der Waals surface area contributed by atoms with Crippen LogP contribution in [0.15, 0.2) is 16.6 Å². The molecular formula is C13H14BrClN2O2. The lowest BCUT2D eigenvalue weighted by atomic mass is 10.1. The maximum atomic E-state index is 12.1. The number of carbonyl (C=O) groups is 2. The number of nitrogens with zero attached hydrogens (tertiary/aromatic N) is 1. The van der Waals surface area contributed by atoms with Crippen LogP contribution in [0.2, 0.25) is 5.02 Å². The smallest absolute Gasteiger partial charge is 0.229 e. The molecular weight excluding hydrogens is 332 g/mol. The topological polar surface area (TPSA) is 49.4 Å². The number of likely N-dealkylation sites (tertiary alicyclic amines) is 1. The molecule has 0 radical (unpaired) electrons. The summed E-state index contributed by atoms with van der Waals surface area (Å²) in [4.78, 5) is 25.1. The fourth-order valence-electron chi connectivity index (χ4n) is 2.02. The fraction of sp³-hybridized carbons (Fsp3) is 0.385. The normalized spacial score (nSPS) is 18.8. The van der Waals surface area contributed by atoms with Gasteiger partial charge in [0.05, 0.1) is 11.6 Å². The van der Waals surface area contributed by atoms with Crippen LogP contribution in [-0.2, 0) is 9.59 Å². The van der Waals surface area contributed by atoms with E-state index in [1.165, 1.54) is 0 Å². The van der Waals surface area contributed by atoms with Gasteiger partial charge >= 0.3 is 0 Å². The average molecular weight is 346 g/mol. The maximum Gasteiger partial charge on any atom is 0.229 e. The predicted octanol–water partition coefficient (Wildman–Crippen LogP) is 2.83. The van der Waals surface area contributed by atoms with Crippen molar-refractivity contribution in [3.8, 4) is 0 Å². The number of hydrogen-bond donors (Lipinski definition) is 1. The number of anilines is 1. The minimum Gasteiger partial charge on any atom is -0.345 e. The summed E-state index contributed by atoms with van der Waals surface area (Å²) in [6.45, 7) is 2.35. The number of hydrogen-bond acceptors (Lipinski definition) is 2. The molecule has 19 heavy (non-hydrogen) atoms. The Morgan fingerprint density at radius 1 is 1.53 bits per heavy atom. The quantitative estimate of drug-likeness (QED) is 0.896. The molecule has 2 amide bonds. The Kier molecular flexibility index (Phi) is 4.16. The molecule has 0 aromatic heterocycles. The molecule has 6 heteroatoms. The molecule has 1 aromatic carbocycles. The molecule has 1 aromatic rings. The van der Waals surface area contributed by atoms with Gasteiger partial charge in [-0.3, -0.25) is 9.59 Å². The van der Waals surface area contributed by atoms with Gasteiger partial charge < -0.3 is 10.2 Å². The zero-order valence-corrected chi connectivity index (χ0v) is 13.0. The summed E-state index contributed by atoms with van der Waals surface area (Å²) >= 11 is 9.43. The lowest BCUT2D eigenvalue weighted by molar-refractivity contribution is -0.127. The zero-order valence-electron chi connectivity index (χ0n) is 10.7. The first-order valence-corrected chi connectivity index (χ1v) is 7.06. The second-order valence-corrected chi connectivity index (χ2v) is 6.01. The summed E-state index contributed by atoms with van der Waals surface area (Å²) in [5.74, 6) is -0.455. The van der Waals surface area contributed by atoms with E-state index in [2.05, 4.69) is 21.2 Å². The first-order valence-electron chi connectivity index (χ1n) is 5.89. The molecule has 2 rings (SSSR count).